The summed E-state index contributed by atoms with van der Waals surface area (Å²) in [6.45, 7) is 6.13. The van der Waals surface area contributed by atoms with E-state index in [9.17, 15) is 8.42 Å². The van der Waals surface area contributed by atoms with Crippen molar-refractivity contribution in [2.45, 2.75) is 46.0 Å². The molecule has 8 heteroatoms. The van der Waals surface area contributed by atoms with Crippen LogP contribution in [0.1, 0.15) is 46.0 Å². The van der Waals surface area contributed by atoms with Crippen molar-refractivity contribution in [2.75, 3.05) is 25.4 Å². The summed E-state index contributed by atoms with van der Waals surface area (Å²) in [5.74, 6) is 2.21. The average molecular weight is 446 g/mol. The lowest BCUT2D eigenvalue weighted by Crippen LogP contribution is -2.40. The zero-order valence-corrected chi connectivity index (χ0v) is 16.8. The first-order chi connectivity index (χ1) is 9.90. The van der Waals surface area contributed by atoms with Crippen molar-refractivity contribution in [3.05, 3.63) is 0 Å². The summed E-state index contributed by atoms with van der Waals surface area (Å²) in [5.41, 5.74) is 0. The number of halogens is 1. The van der Waals surface area contributed by atoms with Gasteiger partial charge in [-0.15, -0.1) is 24.0 Å². The van der Waals surface area contributed by atoms with E-state index in [0.29, 0.717) is 5.96 Å². The molecule has 4 N–H and O–H groups in total. The minimum absolute atomic E-state index is 0. The fraction of sp³-hybridized carbons (Fsp3) is 0.929. The van der Waals surface area contributed by atoms with E-state index in [4.69, 9.17) is 5.14 Å². The van der Waals surface area contributed by atoms with Gasteiger partial charge in [0.25, 0.3) is 0 Å². The predicted octanol–water partition coefficient (Wildman–Crippen LogP) is 1.66. The van der Waals surface area contributed by atoms with Crippen LogP contribution in [0.2, 0.25) is 0 Å². The first-order valence-electron chi connectivity index (χ1n) is 7.93. The molecule has 1 fully saturated rings. The normalized spacial score (nSPS) is 22.8. The Morgan fingerprint density at radius 2 is 2.05 bits per heavy atom. The van der Waals surface area contributed by atoms with Crippen molar-refractivity contribution >= 4 is 40.0 Å². The van der Waals surface area contributed by atoms with Gasteiger partial charge in [0, 0.05) is 19.6 Å². The molecule has 132 valence electrons. The number of guanidine groups is 1. The third-order valence-corrected chi connectivity index (χ3v) is 4.65. The number of nitrogens with two attached hydrogens (primary N) is 1. The monoisotopic (exact) mass is 446 g/mol. The molecular weight excluding hydrogens is 415 g/mol. The SMILES string of the molecule is CCNC(=NCCC1CCCC(C)C1)NCCS(N)(=O)=O.I. The van der Waals surface area contributed by atoms with Crippen molar-refractivity contribution in [1.29, 1.82) is 0 Å². The van der Waals surface area contributed by atoms with Gasteiger partial charge in [-0.25, -0.2) is 13.6 Å². The molecule has 1 rings (SSSR count). The van der Waals surface area contributed by atoms with Crippen molar-refractivity contribution in [3.8, 4) is 0 Å². The topological polar surface area (TPSA) is 96.6 Å². The molecule has 1 saturated carbocycles. The quantitative estimate of drug-likeness (QED) is 0.315. The van der Waals surface area contributed by atoms with E-state index in [2.05, 4.69) is 22.5 Å². The van der Waals surface area contributed by atoms with E-state index in [0.717, 1.165) is 31.3 Å². The van der Waals surface area contributed by atoms with Gasteiger partial charge in [0.1, 0.15) is 0 Å². The van der Waals surface area contributed by atoms with E-state index in [1.54, 1.807) is 0 Å². The molecular formula is C14H31IN4O2S. The highest BCUT2D eigenvalue weighted by Gasteiger charge is 2.18. The minimum Gasteiger partial charge on any atom is -0.357 e. The van der Waals surface area contributed by atoms with Crippen molar-refractivity contribution < 1.29 is 8.42 Å². The fourth-order valence-electron chi connectivity index (χ4n) is 2.83. The standard InChI is InChI=1S/C14H30N4O2S.HI/c1-3-16-14(18-9-10-21(15,19)20)17-8-7-13-6-4-5-12(2)11-13;/h12-13H,3-11H2,1-2H3,(H2,15,19,20)(H2,16,17,18);1H. The van der Waals surface area contributed by atoms with Crippen molar-refractivity contribution in [2.24, 2.45) is 22.0 Å². The van der Waals surface area contributed by atoms with Crippen LogP contribution in [0.4, 0.5) is 0 Å². The van der Waals surface area contributed by atoms with E-state index in [1.165, 1.54) is 25.7 Å². The Hall–Kier alpha value is -0.0900. The molecule has 0 heterocycles. The summed E-state index contributed by atoms with van der Waals surface area (Å²) in [7, 11) is -3.42. The highest BCUT2D eigenvalue weighted by Crippen LogP contribution is 2.30. The van der Waals surface area contributed by atoms with Gasteiger partial charge in [-0.2, -0.15) is 0 Å². The zero-order chi connectivity index (χ0) is 15.7. The third-order valence-electron chi connectivity index (χ3n) is 3.88. The van der Waals surface area contributed by atoms with E-state index >= 15 is 0 Å². The van der Waals surface area contributed by atoms with Gasteiger partial charge < -0.3 is 10.6 Å². The highest BCUT2D eigenvalue weighted by atomic mass is 127. The maximum atomic E-state index is 10.9. The number of rotatable bonds is 7. The van der Waals surface area contributed by atoms with Crippen molar-refractivity contribution in [3.63, 3.8) is 0 Å². The van der Waals surface area contributed by atoms with Crippen LogP contribution in [-0.2, 0) is 10.0 Å². The fourth-order valence-corrected chi connectivity index (χ4v) is 3.22. The van der Waals surface area contributed by atoms with Crippen LogP contribution in [0.3, 0.4) is 0 Å². The van der Waals surface area contributed by atoms with E-state index < -0.39 is 10.0 Å². The van der Waals surface area contributed by atoms with Crippen LogP contribution < -0.4 is 15.8 Å². The Balaban J connectivity index is 0.00000441. The molecule has 1 aliphatic carbocycles. The van der Waals surface area contributed by atoms with E-state index in [1.807, 2.05) is 6.92 Å². The molecule has 0 aliphatic heterocycles. The Bertz CT molecular complexity index is 429. The number of nitrogens with one attached hydrogen (secondary N) is 2. The Morgan fingerprint density at radius 1 is 1.32 bits per heavy atom. The highest BCUT2D eigenvalue weighted by molar-refractivity contribution is 14.0. The molecule has 0 bridgehead atoms. The summed E-state index contributed by atoms with van der Waals surface area (Å²) < 4.78 is 21.8. The maximum absolute atomic E-state index is 10.9. The van der Waals surface area contributed by atoms with Gasteiger partial charge in [0.15, 0.2) is 5.96 Å². The molecule has 22 heavy (non-hydrogen) atoms. The molecule has 0 aromatic rings. The summed E-state index contributed by atoms with van der Waals surface area (Å²) in [5, 5.41) is 11.1. The Kier molecular flexibility index (Phi) is 11.4. The van der Waals surface area contributed by atoms with Gasteiger partial charge in [0.2, 0.25) is 10.0 Å². The van der Waals surface area contributed by atoms with Gasteiger partial charge in [-0.3, -0.25) is 4.99 Å². The number of primary sulfonamides is 1. The maximum Gasteiger partial charge on any atom is 0.210 e. The second-order valence-electron chi connectivity index (χ2n) is 5.98. The number of aliphatic imine (C=N–C) groups is 1. The predicted molar refractivity (Wildman–Crippen MR) is 103 cm³/mol. The minimum atomic E-state index is -3.42. The first-order valence-corrected chi connectivity index (χ1v) is 9.65. The summed E-state index contributed by atoms with van der Waals surface area (Å²) in [6, 6.07) is 0. The average Bonchev–Trinajstić information content (AvgIpc) is 2.37. The molecule has 0 amide bonds. The van der Waals surface area contributed by atoms with E-state index in [-0.39, 0.29) is 36.3 Å². The van der Waals surface area contributed by atoms with Gasteiger partial charge in [-0.1, -0.05) is 26.2 Å². The van der Waals surface area contributed by atoms with Gasteiger partial charge in [0.05, 0.1) is 5.75 Å². The molecule has 2 unspecified atom stereocenters. The van der Waals surface area contributed by atoms with Crippen LogP contribution in [0.15, 0.2) is 4.99 Å². The second kappa shape index (κ2) is 11.4. The Labute approximate surface area is 152 Å². The first kappa shape index (κ1) is 21.9. The van der Waals surface area contributed by atoms with Crippen molar-refractivity contribution in [1.82, 2.24) is 10.6 Å². The lowest BCUT2D eigenvalue weighted by atomic mass is 9.81. The number of nitrogens with zero attached hydrogens (tertiary/aromatic N) is 1. The van der Waals surface area contributed by atoms with Gasteiger partial charge in [-0.05, 0) is 31.6 Å². The summed E-state index contributed by atoms with van der Waals surface area (Å²) in [4.78, 5) is 4.51. The largest absolute Gasteiger partial charge is 0.357 e. The lowest BCUT2D eigenvalue weighted by molar-refractivity contribution is 0.272. The van der Waals surface area contributed by atoms with Crippen LogP contribution in [0.25, 0.3) is 0 Å². The van der Waals surface area contributed by atoms with Crippen LogP contribution >= 0.6 is 24.0 Å². The second-order valence-corrected chi connectivity index (χ2v) is 7.71. The zero-order valence-electron chi connectivity index (χ0n) is 13.7. The van der Waals surface area contributed by atoms with Gasteiger partial charge >= 0.3 is 0 Å². The molecule has 0 aromatic carbocycles. The molecule has 1 aliphatic rings. The molecule has 0 radical (unpaired) electrons. The third kappa shape index (κ3) is 10.6. The number of hydrogen-bond acceptors (Lipinski definition) is 3. The number of hydrogen-bond donors (Lipinski definition) is 3. The molecule has 0 aromatic heterocycles. The molecule has 2 atom stereocenters. The lowest BCUT2D eigenvalue weighted by Gasteiger charge is -2.26. The van der Waals surface area contributed by atoms with Crippen LogP contribution in [0.5, 0.6) is 0 Å². The van der Waals surface area contributed by atoms with Crippen LogP contribution in [0, 0.1) is 11.8 Å². The molecule has 0 spiro atoms. The molecule has 0 saturated heterocycles. The molecule has 6 nitrogen and oxygen atoms in total. The van der Waals surface area contributed by atoms with Crippen LogP contribution in [-0.4, -0.2) is 39.8 Å². The Morgan fingerprint density at radius 3 is 2.64 bits per heavy atom. The smallest absolute Gasteiger partial charge is 0.210 e. The number of sulfonamides is 1. The summed E-state index contributed by atoms with van der Waals surface area (Å²) in [6.07, 6.45) is 6.43. The summed E-state index contributed by atoms with van der Waals surface area (Å²) >= 11 is 0.